The topological polar surface area (TPSA) is 40.5 Å². The van der Waals surface area contributed by atoms with Gasteiger partial charge in [-0.2, -0.15) is 0 Å². The second kappa shape index (κ2) is 3.08. The lowest BCUT2D eigenvalue weighted by molar-refractivity contribution is 0.411. The van der Waals surface area contributed by atoms with E-state index in [0.29, 0.717) is 9.79 Å². The number of benzene rings is 1. The summed E-state index contributed by atoms with van der Waals surface area (Å²) in [6, 6.07) is 1.44. The van der Waals surface area contributed by atoms with Crippen molar-refractivity contribution < 1.29 is 10.2 Å². The first-order valence-corrected chi connectivity index (χ1v) is 4.04. The van der Waals surface area contributed by atoms with Gasteiger partial charge in [0.2, 0.25) is 0 Å². The van der Waals surface area contributed by atoms with Gasteiger partial charge in [0.25, 0.3) is 0 Å². The van der Waals surface area contributed by atoms with Crippen LogP contribution in [0.3, 0.4) is 0 Å². The molecular weight excluding hydrogens is 200 g/mol. The van der Waals surface area contributed by atoms with Crippen LogP contribution in [0.2, 0.25) is 0 Å². The highest BCUT2D eigenvalue weighted by atomic mass is 32.1. The Balaban J connectivity index is 3.46. The Bertz CT molecular complexity index is 272. The molecule has 0 aliphatic rings. The van der Waals surface area contributed by atoms with Crippen LogP contribution in [0.4, 0.5) is 0 Å². The highest BCUT2D eigenvalue weighted by molar-refractivity contribution is 7.82. The molecule has 5 heteroatoms. The third kappa shape index (κ3) is 1.55. The minimum atomic E-state index is -0.132. The summed E-state index contributed by atoms with van der Waals surface area (Å²) in [4.78, 5) is 0.790. The second-order valence-electron chi connectivity index (χ2n) is 1.96. The molecule has 0 aliphatic carbocycles. The van der Waals surface area contributed by atoms with Crippen molar-refractivity contribution in [3.8, 4) is 11.5 Å². The van der Waals surface area contributed by atoms with Crippen LogP contribution >= 0.6 is 37.9 Å². The van der Waals surface area contributed by atoms with Gasteiger partial charge in [-0.05, 0) is 6.07 Å². The molecule has 2 nitrogen and oxygen atoms in total. The number of aromatic hydroxyl groups is 2. The average Bonchev–Trinajstić information content (AvgIpc) is 1.97. The van der Waals surface area contributed by atoms with E-state index in [-0.39, 0.29) is 16.4 Å². The smallest absolute Gasteiger partial charge is 0.146 e. The van der Waals surface area contributed by atoms with Crippen molar-refractivity contribution in [1.82, 2.24) is 0 Å². The fourth-order valence-corrected chi connectivity index (χ4v) is 1.62. The lowest BCUT2D eigenvalue weighted by Crippen LogP contribution is -1.77. The van der Waals surface area contributed by atoms with Crippen molar-refractivity contribution in [2.45, 2.75) is 14.7 Å². The molecule has 0 aromatic heterocycles. The predicted octanol–water partition coefficient (Wildman–Crippen LogP) is 1.96. The average molecular weight is 206 g/mol. The molecule has 0 aliphatic heterocycles. The van der Waals surface area contributed by atoms with Gasteiger partial charge in [0, 0.05) is 9.79 Å². The Morgan fingerprint density at radius 1 is 0.909 bits per heavy atom. The molecule has 0 fully saturated rings. The minimum Gasteiger partial charge on any atom is -0.505 e. The van der Waals surface area contributed by atoms with Crippen molar-refractivity contribution in [1.29, 1.82) is 0 Å². The Kier molecular flexibility index (Phi) is 2.51. The molecule has 1 aromatic rings. The van der Waals surface area contributed by atoms with Crippen molar-refractivity contribution in [2.75, 3.05) is 0 Å². The standard InChI is InChI=1S/C6H6O2S3/c7-4-2(9)1-3(10)5(8)6(4)11/h1,7-11H. The Labute approximate surface area is 80.5 Å². The Morgan fingerprint density at radius 3 is 1.64 bits per heavy atom. The van der Waals surface area contributed by atoms with Crippen LogP contribution in [0.15, 0.2) is 20.8 Å². The first-order chi connectivity index (χ1) is 5.04. The molecule has 0 unspecified atom stereocenters. The van der Waals surface area contributed by atoms with Crippen LogP contribution in [0.25, 0.3) is 0 Å². The number of thiol groups is 3. The van der Waals surface area contributed by atoms with Crippen LogP contribution in [0.5, 0.6) is 11.5 Å². The second-order valence-corrected chi connectivity index (χ2v) is 3.37. The fourth-order valence-electron chi connectivity index (χ4n) is 0.621. The zero-order chi connectivity index (χ0) is 8.59. The summed E-state index contributed by atoms with van der Waals surface area (Å²) in [6.45, 7) is 0. The fraction of sp³-hybridized carbons (Fsp3) is 0. The van der Waals surface area contributed by atoms with Gasteiger partial charge < -0.3 is 10.2 Å². The van der Waals surface area contributed by atoms with Crippen LogP contribution < -0.4 is 0 Å². The lowest BCUT2D eigenvalue weighted by atomic mass is 10.3. The third-order valence-corrected chi connectivity index (χ3v) is 2.31. The molecular formula is C6H6O2S3. The van der Waals surface area contributed by atoms with Crippen molar-refractivity contribution in [3.63, 3.8) is 0 Å². The van der Waals surface area contributed by atoms with Crippen LogP contribution in [0.1, 0.15) is 0 Å². The number of hydrogen-bond acceptors (Lipinski definition) is 5. The first kappa shape index (κ1) is 8.96. The number of rotatable bonds is 0. The minimum absolute atomic E-state index is 0.0995. The van der Waals surface area contributed by atoms with Crippen molar-refractivity contribution in [2.24, 2.45) is 0 Å². The Hall–Kier alpha value is -0.130. The molecule has 0 amide bonds. The molecule has 11 heavy (non-hydrogen) atoms. The highest BCUT2D eigenvalue weighted by Crippen LogP contribution is 2.39. The van der Waals surface area contributed by atoms with E-state index in [2.05, 4.69) is 37.9 Å². The molecule has 0 spiro atoms. The van der Waals surface area contributed by atoms with Crippen molar-refractivity contribution in [3.05, 3.63) is 6.07 Å². The predicted molar refractivity (Wildman–Crippen MR) is 51.5 cm³/mol. The lowest BCUT2D eigenvalue weighted by Gasteiger charge is -2.05. The molecule has 1 rings (SSSR count). The summed E-state index contributed by atoms with van der Waals surface area (Å²) in [5.41, 5.74) is 0. The van der Waals surface area contributed by atoms with E-state index in [1.165, 1.54) is 6.07 Å². The van der Waals surface area contributed by atoms with E-state index < -0.39 is 0 Å². The van der Waals surface area contributed by atoms with Gasteiger partial charge in [-0.15, -0.1) is 37.9 Å². The first-order valence-electron chi connectivity index (χ1n) is 2.70. The third-order valence-electron chi connectivity index (χ3n) is 1.21. The summed E-state index contributed by atoms with van der Waals surface area (Å²) in [5, 5.41) is 18.3. The molecule has 0 saturated carbocycles. The largest absolute Gasteiger partial charge is 0.505 e. The summed E-state index contributed by atoms with van der Waals surface area (Å²) in [7, 11) is 0. The van der Waals surface area contributed by atoms with Gasteiger partial charge in [-0.3, -0.25) is 0 Å². The van der Waals surface area contributed by atoms with Crippen LogP contribution in [-0.4, -0.2) is 10.2 Å². The van der Waals surface area contributed by atoms with E-state index in [1.54, 1.807) is 0 Å². The van der Waals surface area contributed by atoms with Crippen LogP contribution in [-0.2, 0) is 0 Å². The monoisotopic (exact) mass is 206 g/mol. The van der Waals surface area contributed by atoms with E-state index in [9.17, 15) is 0 Å². The van der Waals surface area contributed by atoms with Gasteiger partial charge in [0.1, 0.15) is 11.5 Å². The van der Waals surface area contributed by atoms with Gasteiger partial charge in [-0.1, -0.05) is 0 Å². The maximum atomic E-state index is 9.16. The molecule has 0 radical (unpaired) electrons. The molecule has 0 atom stereocenters. The maximum Gasteiger partial charge on any atom is 0.146 e. The molecule has 2 N–H and O–H groups in total. The Morgan fingerprint density at radius 2 is 1.27 bits per heavy atom. The van der Waals surface area contributed by atoms with E-state index in [4.69, 9.17) is 10.2 Å². The molecule has 0 bridgehead atoms. The molecule has 0 saturated heterocycles. The molecule has 0 heterocycles. The van der Waals surface area contributed by atoms with E-state index in [0.717, 1.165) is 0 Å². The summed E-state index contributed by atoms with van der Waals surface area (Å²) in [5.74, 6) is -0.265. The van der Waals surface area contributed by atoms with Gasteiger partial charge in [0.05, 0.1) is 4.90 Å². The summed E-state index contributed by atoms with van der Waals surface area (Å²) >= 11 is 11.7. The maximum absolute atomic E-state index is 9.16. The SMILES string of the molecule is Oc1c(S)cc(S)c(O)c1S. The highest BCUT2D eigenvalue weighted by Gasteiger charge is 2.09. The summed E-state index contributed by atoms with van der Waals surface area (Å²) < 4.78 is 0. The van der Waals surface area contributed by atoms with E-state index >= 15 is 0 Å². The zero-order valence-electron chi connectivity index (χ0n) is 5.31. The number of phenolic OH excluding ortho intramolecular Hbond substituents is 2. The van der Waals surface area contributed by atoms with Crippen LogP contribution in [0, 0.1) is 0 Å². The summed E-state index contributed by atoms with van der Waals surface area (Å²) in [6.07, 6.45) is 0. The van der Waals surface area contributed by atoms with Gasteiger partial charge in [-0.25, -0.2) is 0 Å². The zero-order valence-corrected chi connectivity index (χ0v) is 8.00. The molecule has 1 aromatic carbocycles. The van der Waals surface area contributed by atoms with Crippen molar-refractivity contribution >= 4 is 37.9 Å². The number of hydrogen-bond donors (Lipinski definition) is 5. The van der Waals surface area contributed by atoms with Gasteiger partial charge in [0.15, 0.2) is 0 Å². The molecule has 60 valence electrons. The van der Waals surface area contributed by atoms with Gasteiger partial charge >= 0.3 is 0 Å². The number of phenols is 2. The van der Waals surface area contributed by atoms with E-state index in [1.807, 2.05) is 0 Å². The normalized spacial score (nSPS) is 10.1. The quantitative estimate of drug-likeness (QED) is 0.421.